The fourth-order valence-electron chi connectivity index (χ4n) is 3.45. The fraction of sp³-hybridized carbons (Fsp3) is 0.316. The Bertz CT molecular complexity index is 1050. The molecule has 9 heteroatoms. The summed E-state index contributed by atoms with van der Waals surface area (Å²) in [6.07, 6.45) is 3.67. The van der Waals surface area contributed by atoms with E-state index in [9.17, 15) is 17.6 Å². The van der Waals surface area contributed by atoms with Crippen molar-refractivity contribution in [3.63, 3.8) is 0 Å². The van der Waals surface area contributed by atoms with Gasteiger partial charge in [-0.25, -0.2) is 17.5 Å². The second kappa shape index (κ2) is 6.75. The van der Waals surface area contributed by atoms with Gasteiger partial charge in [-0.2, -0.15) is 0 Å². The predicted octanol–water partition coefficient (Wildman–Crippen LogP) is 3.03. The number of sulfonamides is 1. The number of fused-ring (bicyclic) bond motifs is 1. The number of amides is 1. The van der Waals surface area contributed by atoms with Crippen LogP contribution >= 0.6 is 0 Å². The summed E-state index contributed by atoms with van der Waals surface area (Å²) in [4.78, 5) is 12.3. The van der Waals surface area contributed by atoms with Gasteiger partial charge in [0.15, 0.2) is 11.5 Å². The number of carbonyl (C=O) groups is 1. The van der Waals surface area contributed by atoms with Crippen molar-refractivity contribution in [3.8, 4) is 11.5 Å². The van der Waals surface area contributed by atoms with E-state index in [4.69, 9.17) is 9.47 Å². The van der Waals surface area contributed by atoms with Gasteiger partial charge in [-0.15, -0.1) is 0 Å². The summed E-state index contributed by atoms with van der Waals surface area (Å²) in [6, 6.07) is 7.97. The van der Waals surface area contributed by atoms with Crippen LogP contribution in [0.1, 0.15) is 36.0 Å². The van der Waals surface area contributed by atoms with Crippen LogP contribution in [0.25, 0.3) is 0 Å². The van der Waals surface area contributed by atoms with Crippen LogP contribution in [0, 0.1) is 5.82 Å². The van der Waals surface area contributed by atoms with Crippen LogP contribution in [0.3, 0.4) is 0 Å². The molecule has 0 saturated heterocycles. The Kier molecular flexibility index (Phi) is 4.51. The Morgan fingerprint density at radius 2 is 1.79 bits per heavy atom. The van der Waals surface area contributed by atoms with Crippen LogP contribution in [-0.2, 0) is 10.0 Å². The number of benzene rings is 2. The van der Waals surface area contributed by atoms with Crippen LogP contribution in [0.5, 0.6) is 11.5 Å². The molecule has 1 spiro atoms. The molecule has 4 rings (SSSR count). The molecule has 0 aromatic heterocycles. The molecule has 1 aliphatic heterocycles. The minimum absolute atomic E-state index is 0.199. The third kappa shape index (κ3) is 3.31. The molecule has 28 heavy (non-hydrogen) atoms. The molecule has 0 atom stereocenters. The number of hydrogen-bond donors (Lipinski definition) is 2. The summed E-state index contributed by atoms with van der Waals surface area (Å²) < 4.78 is 51.9. The van der Waals surface area contributed by atoms with Gasteiger partial charge in [-0.05, 0) is 50.2 Å². The molecule has 2 aromatic carbocycles. The molecular formula is C19H19FN2O5S. The van der Waals surface area contributed by atoms with E-state index in [0.29, 0.717) is 17.2 Å². The second-order valence-electron chi connectivity index (χ2n) is 6.79. The van der Waals surface area contributed by atoms with Gasteiger partial charge in [-0.3, -0.25) is 4.79 Å². The molecule has 1 amide bonds. The summed E-state index contributed by atoms with van der Waals surface area (Å²) in [5.41, 5.74) is 0.0185. The molecule has 1 fully saturated rings. The number of rotatable bonds is 4. The highest BCUT2D eigenvalue weighted by molar-refractivity contribution is 7.89. The van der Waals surface area contributed by atoms with Gasteiger partial charge in [0, 0.05) is 24.6 Å². The monoisotopic (exact) mass is 406 g/mol. The second-order valence-corrected chi connectivity index (χ2v) is 8.67. The van der Waals surface area contributed by atoms with E-state index in [0.717, 1.165) is 43.9 Å². The third-order valence-corrected chi connectivity index (χ3v) is 6.33. The van der Waals surface area contributed by atoms with E-state index in [1.165, 1.54) is 7.05 Å². The third-order valence-electron chi connectivity index (χ3n) is 4.92. The Morgan fingerprint density at radius 3 is 2.50 bits per heavy atom. The van der Waals surface area contributed by atoms with E-state index in [1.807, 2.05) is 0 Å². The first kappa shape index (κ1) is 18.7. The van der Waals surface area contributed by atoms with Crippen molar-refractivity contribution >= 4 is 21.6 Å². The summed E-state index contributed by atoms with van der Waals surface area (Å²) in [7, 11) is -2.56. The molecule has 1 heterocycles. The van der Waals surface area contributed by atoms with Crippen LogP contribution in [-0.4, -0.2) is 27.2 Å². The minimum Gasteiger partial charge on any atom is -0.448 e. The molecule has 2 aliphatic rings. The smallest absolute Gasteiger partial charge is 0.258 e. The zero-order valence-corrected chi connectivity index (χ0v) is 15.9. The molecule has 2 aromatic rings. The van der Waals surface area contributed by atoms with Crippen LogP contribution in [0.15, 0.2) is 41.3 Å². The van der Waals surface area contributed by atoms with Gasteiger partial charge < -0.3 is 14.8 Å². The maximum absolute atomic E-state index is 14.1. The zero-order chi connectivity index (χ0) is 19.9. The summed E-state index contributed by atoms with van der Waals surface area (Å²) >= 11 is 0. The maximum Gasteiger partial charge on any atom is 0.258 e. The summed E-state index contributed by atoms with van der Waals surface area (Å²) in [6.45, 7) is 0. The lowest BCUT2D eigenvalue weighted by molar-refractivity contribution is -0.0716. The van der Waals surface area contributed by atoms with Crippen LogP contribution < -0.4 is 19.5 Å². The molecule has 148 valence electrons. The highest BCUT2D eigenvalue weighted by atomic mass is 32.2. The molecule has 0 radical (unpaired) electrons. The fourth-order valence-corrected chi connectivity index (χ4v) is 4.21. The topological polar surface area (TPSA) is 93.7 Å². The van der Waals surface area contributed by atoms with Gasteiger partial charge in [0.25, 0.3) is 11.7 Å². The van der Waals surface area contributed by atoms with Gasteiger partial charge in [0.2, 0.25) is 10.0 Å². The molecule has 0 bridgehead atoms. The first-order valence-corrected chi connectivity index (χ1v) is 10.4. The van der Waals surface area contributed by atoms with Crippen LogP contribution in [0.4, 0.5) is 10.1 Å². The lowest BCUT2D eigenvalue weighted by Crippen LogP contribution is -2.34. The number of ether oxygens (including phenoxy) is 2. The largest absolute Gasteiger partial charge is 0.448 e. The highest BCUT2D eigenvalue weighted by Crippen LogP contribution is 2.47. The number of halogens is 1. The van der Waals surface area contributed by atoms with Crippen molar-refractivity contribution in [1.82, 2.24) is 4.72 Å². The molecular weight excluding hydrogens is 387 g/mol. The Balaban J connectivity index is 1.56. The van der Waals surface area contributed by atoms with Crippen molar-refractivity contribution in [3.05, 3.63) is 47.8 Å². The zero-order valence-electron chi connectivity index (χ0n) is 15.1. The summed E-state index contributed by atoms with van der Waals surface area (Å²) in [5.74, 6) is -1.08. The van der Waals surface area contributed by atoms with E-state index in [-0.39, 0.29) is 10.5 Å². The van der Waals surface area contributed by atoms with E-state index < -0.39 is 27.5 Å². The van der Waals surface area contributed by atoms with E-state index in [1.54, 1.807) is 18.2 Å². The maximum atomic E-state index is 14.1. The minimum atomic E-state index is -3.80. The van der Waals surface area contributed by atoms with Crippen molar-refractivity contribution in [2.45, 2.75) is 36.4 Å². The van der Waals surface area contributed by atoms with Gasteiger partial charge in [0.1, 0.15) is 5.82 Å². The average Bonchev–Trinajstić information content (AvgIpc) is 3.27. The molecule has 1 aliphatic carbocycles. The van der Waals surface area contributed by atoms with Gasteiger partial charge >= 0.3 is 0 Å². The molecule has 7 nitrogen and oxygen atoms in total. The Morgan fingerprint density at radius 1 is 1.07 bits per heavy atom. The van der Waals surface area contributed by atoms with E-state index >= 15 is 0 Å². The number of anilines is 1. The van der Waals surface area contributed by atoms with Crippen molar-refractivity contribution in [2.75, 3.05) is 12.4 Å². The Labute approximate surface area is 161 Å². The molecule has 0 unspecified atom stereocenters. The first-order chi connectivity index (χ1) is 13.3. The SMILES string of the molecule is CNS(=O)(=O)c1ccc(F)c(C(=O)Nc2ccc3c(c2)OC2(CCCC2)O3)c1. The van der Waals surface area contributed by atoms with Gasteiger partial charge in [0.05, 0.1) is 10.5 Å². The van der Waals surface area contributed by atoms with Crippen molar-refractivity contribution in [2.24, 2.45) is 0 Å². The average molecular weight is 406 g/mol. The normalized spacial score (nSPS) is 17.1. The highest BCUT2D eigenvalue weighted by Gasteiger charge is 2.44. The Hall–Kier alpha value is -2.65. The number of carbonyl (C=O) groups excluding carboxylic acids is 1. The first-order valence-electron chi connectivity index (χ1n) is 8.88. The lowest BCUT2D eigenvalue weighted by atomic mass is 10.2. The predicted molar refractivity (Wildman–Crippen MR) is 99.5 cm³/mol. The van der Waals surface area contributed by atoms with Crippen molar-refractivity contribution < 1.29 is 27.1 Å². The number of hydrogen-bond acceptors (Lipinski definition) is 5. The molecule has 1 saturated carbocycles. The standard InChI is InChI=1S/C19H19FN2O5S/c1-21-28(24,25)13-5-6-15(20)14(11-13)18(23)22-12-4-7-16-17(10-12)27-19(26-16)8-2-3-9-19/h4-7,10-11,21H,2-3,8-9H2,1H3,(H,22,23). The van der Waals surface area contributed by atoms with E-state index in [2.05, 4.69) is 10.0 Å². The quantitative estimate of drug-likeness (QED) is 0.814. The van der Waals surface area contributed by atoms with Gasteiger partial charge in [-0.1, -0.05) is 0 Å². The molecule has 2 N–H and O–H groups in total. The van der Waals surface area contributed by atoms with Crippen molar-refractivity contribution in [1.29, 1.82) is 0 Å². The van der Waals surface area contributed by atoms with Crippen LogP contribution in [0.2, 0.25) is 0 Å². The summed E-state index contributed by atoms with van der Waals surface area (Å²) in [5, 5.41) is 2.57. The number of nitrogens with one attached hydrogen (secondary N) is 2. The lowest BCUT2D eigenvalue weighted by Gasteiger charge is -2.21.